The van der Waals surface area contributed by atoms with Gasteiger partial charge in [0.2, 0.25) is 0 Å². The highest BCUT2D eigenvalue weighted by Crippen LogP contribution is 2.21. The summed E-state index contributed by atoms with van der Waals surface area (Å²) in [5, 5.41) is 2.93. The monoisotopic (exact) mass is 315 g/mol. The molecule has 0 aliphatic rings. The van der Waals surface area contributed by atoms with Crippen molar-refractivity contribution in [3.8, 4) is 5.75 Å². The quantitative estimate of drug-likeness (QED) is 0.905. The van der Waals surface area contributed by atoms with Gasteiger partial charge in [0.15, 0.2) is 6.61 Å². The molecule has 0 radical (unpaired) electrons. The maximum Gasteiger partial charge on any atom is 0.258 e. The van der Waals surface area contributed by atoms with E-state index >= 15 is 0 Å². The third-order valence-electron chi connectivity index (χ3n) is 3.91. The Labute approximate surface area is 136 Å². The van der Waals surface area contributed by atoms with Gasteiger partial charge in [0.25, 0.3) is 5.91 Å². The van der Waals surface area contributed by atoms with Gasteiger partial charge in [-0.3, -0.25) is 4.79 Å². The Balaban J connectivity index is 1.94. The lowest BCUT2D eigenvalue weighted by atomic mass is 9.96. The third-order valence-corrected chi connectivity index (χ3v) is 3.91. The Bertz CT molecular complexity index is 695. The number of nitrogens with one attached hydrogen (secondary N) is 1. The molecule has 1 amide bonds. The molecule has 1 N–H and O–H groups in total. The lowest BCUT2D eigenvalue weighted by Crippen LogP contribution is -2.31. The Morgan fingerprint density at radius 3 is 2.35 bits per heavy atom. The molecule has 2 rings (SSSR count). The highest BCUT2D eigenvalue weighted by molar-refractivity contribution is 5.78. The van der Waals surface area contributed by atoms with Gasteiger partial charge in [-0.2, -0.15) is 0 Å². The number of hydrogen-bond acceptors (Lipinski definition) is 2. The summed E-state index contributed by atoms with van der Waals surface area (Å²) in [5.41, 5.74) is 4.70. The zero-order valence-electron chi connectivity index (χ0n) is 13.9. The number of carbonyl (C=O) groups excluding carboxylic acids is 1. The maximum absolute atomic E-state index is 12.8. The zero-order valence-corrected chi connectivity index (χ0v) is 13.9. The fourth-order valence-corrected chi connectivity index (χ4v) is 2.49. The van der Waals surface area contributed by atoms with Crippen LogP contribution in [0.25, 0.3) is 0 Å². The van der Waals surface area contributed by atoms with Crippen LogP contribution in [-0.2, 0) is 4.79 Å². The van der Waals surface area contributed by atoms with E-state index in [4.69, 9.17) is 4.74 Å². The molecular weight excluding hydrogens is 293 g/mol. The smallest absolute Gasteiger partial charge is 0.258 e. The van der Waals surface area contributed by atoms with Crippen LogP contribution < -0.4 is 10.1 Å². The minimum absolute atomic E-state index is 0.0974. The average Bonchev–Trinajstić information content (AvgIpc) is 2.50. The molecule has 0 fully saturated rings. The van der Waals surface area contributed by atoms with Gasteiger partial charge in [0.1, 0.15) is 11.6 Å². The molecule has 0 saturated heterocycles. The Hall–Kier alpha value is -2.36. The van der Waals surface area contributed by atoms with Crippen LogP contribution in [0, 0.1) is 26.6 Å². The van der Waals surface area contributed by atoms with Crippen molar-refractivity contribution in [2.24, 2.45) is 0 Å². The first-order valence-corrected chi connectivity index (χ1v) is 7.62. The Morgan fingerprint density at radius 2 is 1.70 bits per heavy atom. The van der Waals surface area contributed by atoms with Crippen molar-refractivity contribution in [2.75, 3.05) is 6.61 Å². The normalized spacial score (nSPS) is 11.9. The number of amides is 1. The van der Waals surface area contributed by atoms with Crippen molar-refractivity contribution >= 4 is 5.91 Å². The van der Waals surface area contributed by atoms with Crippen LogP contribution in [0.3, 0.4) is 0 Å². The molecule has 0 unspecified atom stereocenters. The summed E-state index contributed by atoms with van der Waals surface area (Å²) < 4.78 is 18.2. The number of carbonyl (C=O) groups is 1. The average molecular weight is 315 g/mol. The van der Waals surface area contributed by atoms with Gasteiger partial charge < -0.3 is 10.1 Å². The summed E-state index contributed by atoms with van der Waals surface area (Å²) in [5.74, 6) is -0.0725. The molecule has 122 valence electrons. The van der Waals surface area contributed by atoms with Crippen LogP contribution in [0.1, 0.15) is 35.2 Å². The fraction of sp³-hybridized carbons (Fsp3) is 0.316. The maximum atomic E-state index is 12.8. The number of ether oxygens (including phenoxy) is 1. The molecule has 3 nitrogen and oxygen atoms in total. The summed E-state index contributed by atoms with van der Waals surface area (Å²) in [6, 6.07) is 9.74. The third kappa shape index (κ3) is 4.55. The topological polar surface area (TPSA) is 38.3 Å². The summed E-state index contributed by atoms with van der Waals surface area (Å²) in [4.78, 5) is 12.0. The molecule has 4 heteroatoms. The van der Waals surface area contributed by atoms with E-state index in [1.807, 2.05) is 13.8 Å². The fourth-order valence-electron chi connectivity index (χ4n) is 2.49. The summed E-state index contributed by atoms with van der Waals surface area (Å²) in [6.45, 7) is 8.03. The van der Waals surface area contributed by atoms with E-state index in [0.29, 0.717) is 5.75 Å². The number of hydrogen-bond donors (Lipinski definition) is 1. The van der Waals surface area contributed by atoms with Crippen LogP contribution in [0.4, 0.5) is 4.39 Å². The predicted octanol–water partition coefficient (Wildman–Crippen LogP) is 4.01. The van der Waals surface area contributed by atoms with Crippen LogP contribution in [-0.4, -0.2) is 12.5 Å². The van der Waals surface area contributed by atoms with Gasteiger partial charge in [-0.15, -0.1) is 0 Å². The van der Waals surface area contributed by atoms with Crippen molar-refractivity contribution in [1.29, 1.82) is 0 Å². The standard InChI is InChI=1S/C19H22FNO2/c1-12-9-14(3)18(10-13(12)2)15(4)21-19(22)11-23-17-7-5-16(20)6-8-17/h5-10,15H,11H2,1-4H3,(H,21,22)/t15-/m0/s1. The molecule has 0 heterocycles. The van der Waals surface area contributed by atoms with Crippen LogP contribution >= 0.6 is 0 Å². The zero-order chi connectivity index (χ0) is 17.0. The molecule has 0 saturated carbocycles. The summed E-state index contributed by atoms with van der Waals surface area (Å²) >= 11 is 0. The number of aryl methyl sites for hydroxylation is 3. The lowest BCUT2D eigenvalue weighted by molar-refractivity contribution is -0.123. The molecule has 2 aromatic rings. The Kier molecular flexibility index (Phi) is 5.37. The van der Waals surface area contributed by atoms with Crippen molar-refractivity contribution in [3.63, 3.8) is 0 Å². The molecule has 23 heavy (non-hydrogen) atoms. The first kappa shape index (κ1) is 17.0. The first-order chi connectivity index (χ1) is 10.9. The second-order valence-electron chi connectivity index (χ2n) is 5.82. The van der Waals surface area contributed by atoms with Gasteiger partial charge in [-0.05, 0) is 74.2 Å². The number of halogens is 1. The molecule has 0 aliphatic heterocycles. The minimum atomic E-state index is -0.333. The van der Waals surface area contributed by atoms with Gasteiger partial charge in [-0.25, -0.2) is 4.39 Å². The minimum Gasteiger partial charge on any atom is -0.484 e. The summed E-state index contributed by atoms with van der Waals surface area (Å²) in [6.07, 6.45) is 0. The largest absolute Gasteiger partial charge is 0.484 e. The predicted molar refractivity (Wildman–Crippen MR) is 89.1 cm³/mol. The van der Waals surface area contributed by atoms with Crippen molar-refractivity contribution in [1.82, 2.24) is 5.32 Å². The second-order valence-corrected chi connectivity index (χ2v) is 5.82. The van der Waals surface area contributed by atoms with Crippen molar-refractivity contribution in [2.45, 2.75) is 33.7 Å². The molecule has 0 aromatic heterocycles. The summed E-state index contributed by atoms with van der Waals surface area (Å²) in [7, 11) is 0. The van der Waals surface area contributed by atoms with E-state index in [-0.39, 0.29) is 24.4 Å². The van der Waals surface area contributed by atoms with Gasteiger partial charge in [0, 0.05) is 0 Å². The van der Waals surface area contributed by atoms with E-state index in [9.17, 15) is 9.18 Å². The van der Waals surface area contributed by atoms with Crippen LogP contribution in [0.5, 0.6) is 5.75 Å². The van der Waals surface area contributed by atoms with E-state index in [2.05, 4.69) is 31.3 Å². The molecule has 0 spiro atoms. The number of rotatable bonds is 5. The van der Waals surface area contributed by atoms with Gasteiger partial charge in [0.05, 0.1) is 6.04 Å². The molecular formula is C19H22FNO2. The van der Waals surface area contributed by atoms with E-state index < -0.39 is 0 Å². The first-order valence-electron chi connectivity index (χ1n) is 7.62. The number of benzene rings is 2. The van der Waals surface area contributed by atoms with Crippen LogP contribution in [0.15, 0.2) is 36.4 Å². The van der Waals surface area contributed by atoms with Crippen molar-refractivity contribution < 1.29 is 13.9 Å². The lowest BCUT2D eigenvalue weighted by Gasteiger charge is -2.18. The van der Waals surface area contributed by atoms with E-state index in [1.54, 1.807) is 0 Å². The molecule has 0 aliphatic carbocycles. The molecule has 2 aromatic carbocycles. The molecule has 1 atom stereocenters. The van der Waals surface area contributed by atoms with Gasteiger partial charge >= 0.3 is 0 Å². The van der Waals surface area contributed by atoms with Gasteiger partial charge in [-0.1, -0.05) is 12.1 Å². The Morgan fingerprint density at radius 1 is 1.09 bits per heavy atom. The van der Waals surface area contributed by atoms with Crippen molar-refractivity contribution in [3.05, 3.63) is 64.5 Å². The highest BCUT2D eigenvalue weighted by Gasteiger charge is 2.13. The van der Waals surface area contributed by atoms with Crippen LogP contribution in [0.2, 0.25) is 0 Å². The second kappa shape index (κ2) is 7.27. The molecule has 0 bridgehead atoms. The SMILES string of the molecule is Cc1cc(C)c([C@H](C)NC(=O)COc2ccc(F)cc2)cc1C. The highest BCUT2D eigenvalue weighted by atomic mass is 19.1. The van der Waals surface area contributed by atoms with E-state index in [1.165, 1.54) is 35.4 Å². The van der Waals surface area contributed by atoms with E-state index in [0.717, 1.165) is 11.1 Å².